The van der Waals surface area contributed by atoms with Crippen LogP contribution in [-0.4, -0.2) is 10.8 Å². The number of benzene rings is 1. The predicted molar refractivity (Wildman–Crippen MR) is 87.1 cm³/mol. The number of rotatable bonds is 1. The van der Waals surface area contributed by atoms with E-state index in [2.05, 4.69) is 15.5 Å². The summed E-state index contributed by atoms with van der Waals surface area (Å²) in [5, 5.41) is 1.77. The molecule has 0 bridgehead atoms. The first-order valence-corrected chi connectivity index (χ1v) is 7.77. The van der Waals surface area contributed by atoms with Crippen molar-refractivity contribution in [3.63, 3.8) is 0 Å². The van der Waals surface area contributed by atoms with E-state index in [0.717, 1.165) is 27.0 Å². The van der Waals surface area contributed by atoms with Gasteiger partial charge in [0, 0.05) is 39.5 Å². The van der Waals surface area contributed by atoms with Crippen LogP contribution in [0, 0.1) is 0 Å². The fraction of sp³-hybridized carbons (Fsp3) is 0.143. The van der Waals surface area contributed by atoms with Gasteiger partial charge in [-0.3, -0.25) is 4.99 Å². The van der Waals surface area contributed by atoms with Gasteiger partial charge in [-0.1, -0.05) is 35.5 Å². The molecule has 3 rings (SSSR count). The first kappa shape index (κ1) is 13.0. The molecular weight excluding hydrogens is 296 g/mol. The Morgan fingerprint density at radius 1 is 1.11 bits per heavy atom. The summed E-state index contributed by atoms with van der Waals surface area (Å²) in [5.74, 6) is 0. The second-order valence-corrected chi connectivity index (χ2v) is 6.75. The molecule has 0 aliphatic carbocycles. The van der Waals surface area contributed by atoms with Crippen molar-refractivity contribution < 1.29 is 0 Å². The third kappa shape index (κ3) is 2.66. The van der Waals surface area contributed by atoms with Gasteiger partial charge in [0.2, 0.25) is 0 Å². The fourth-order valence-electron chi connectivity index (χ4n) is 1.89. The van der Waals surface area contributed by atoms with Gasteiger partial charge in [-0.2, -0.15) is 0 Å². The van der Waals surface area contributed by atoms with Crippen LogP contribution in [0.25, 0.3) is 0 Å². The van der Waals surface area contributed by atoms with Gasteiger partial charge in [0.15, 0.2) is 0 Å². The molecule has 1 aromatic rings. The Kier molecular flexibility index (Phi) is 3.56. The maximum Gasteiger partial charge on any atom is 0.117 e. The Morgan fingerprint density at radius 3 is 2.47 bits per heavy atom. The molecule has 19 heavy (non-hydrogen) atoms. The lowest BCUT2D eigenvalue weighted by atomic mass is 10.2. The SMILES string of the molecule is CC1=C/C(=C2/SN=C(c3ccc(Cl)cc3)S2)C(C)=N1. The summed E-state index contributed by atoms with van der Waals surface area (Å²) in [4.78, 5) is 4.45. The Hall–Kier alpha value is -0.970. The molecule has 96 valence electrons. The molecule has 0 aromatic heterocycles. The minimum Gasteiger partial charge on any atom is -0.258 e. The predicted octanol–water partition coefficient (Wildman–Crippen LogP) is 5.07. The number of allylic oxidation sites excluding steroid dienone is 3. The van der Waals surface area contributed by atoms with E-state index in [-0.39, 0.29) is 0 Å². The lowest BCUT2D eigenvalue weighted by Gasteiger charge is -2.01. The van der Waals surface area contributed by atoms with Crippen LogP contribution in [0.2, 0.25) is 5.02 Å². The average molecular weight is 307 g/mol. The van der Waals surface area contributed by atoms with Gasteiger partial charge in [-0.05, 0) is 32.1 Å². The van der Waals surface area contributed by atoms with Crippen LogP contribution < -0.4 is 0 Å². The lowest BCUT2D eigenvalue weighted by molar-refractivity contribution is 1.34. The van der Waals surface area contributed by atoms with E-state index in [1.54, 1.807) is 11.8 Å². The first-order chi connectivity index (χ1) is 9.13. The summed E-state index contributed by atoms with van der Waals surface area (Å²) in [6.07, 6.45) is 2.12. The van der Waals surface area contributed by atoms with Crippen LogP contribution in [0.3, 0.4) is 0 Å². The second kappa shape index (κ2) is 5.19. The number of nitrogens with zero attached hydrogens (tertiary/aromatic N) is 2. The van der Waals surface area contributed by atoms with Gasteiger partial charge in [-0.15, -0.1) is 0 Å². The van der Waals surface area contributed by atoms with Crippen LogP contribution in [-0.2, 0) is 0 Å². The van der Waals surface area contributed by atoms with Gasteiger partial charge >= 0.3 is 0 Å². The van der Waals surface area contributed by atoms with Crippen molar-refractivity contribution >= 4 is 46.1 Å². The normalized spacial score (nSPS) is 22.4. The Bertz CT molecular complexity index is 655. The van der Waals surface area contributed by atoms with Crippen molar-refractivity contribution in [3.8, 4) is 0 Å². The highest BCUT2D eigenvalue weighted by Gasteiger charge is 2.22. The molecule has 0 saturated heterocycles. The van der Waals surface area contributed by atoms with Crippen molar-refractivity contribution in [2.24, 2.45) is 9.39 Å². The molecule has 0 atom stereocenters. The molecular formula is C14H11ClN2S2. The molecule has 2 nitrogen and oxygen atoms in total. The van der Waals surface area contributed by atoms with E-state index in [0.29, 0.717) is 0 Å². The zero-order valence-corrected chi connectivity index (χ0v) is 12.9. The molecule has 2 aliphatic rings. The molecule has 0 saturated carbocycles. The maximum absolute atomic E-state index is 5.90. The van der Waals surface area contributed by atoms with Crippen LogP contribution in [0.5, 0.6) is 0 Å². The topological polar surface area (TPSA) is 24.7 Å². The highest BCUT2D eigenvalue weighted by molar-refractivity contribution is 8.32. The number of hydrogen-bond donors (Lipinski definition) is 0. The zero-order chi connectivity index (χ0) is 13.4. The summed E-state index contributed by atoms with van der Waals surface area (Å²) in [6, 6.07) is 7.78. The van der Waals surface area contributed by atoms with Crippen molar-refractivity contribution in [3.05, 3.63) is 56.4 Å². The third-order valence-electron chi connectivity index (χ3n) is 2.80. The van der Waals surface area contributed by atoms with E-state index >= 15 is 0 Å². The largest absolute Gasteiger partial charge is 0.258 e. The summed E-state index contributed by atoms with van der Waals surface area (Å²) in [5.41, 5.74) is 4.42. The molecule has 2 heterocycles. The van der Waals surface area contributed by atoms with Crippen LogP contribution in [0.4, 0.5) is 0 Å². The fourth-order valence-corrected chi connectivity index (χ4v) is 4.10. The molecule has 0 spiro atoms. The Morgan fingerprint density at radius 2 is 1.84 bits per heavy atom. The van der Waals surface area contributed by atoms with E-state index in [1.165, 1.54) is 21.8 Å². The first-order valence-electron chi connectivity index (χ1n) is 5.80. The third-order valence-corrected chi connectivity index (χ3v) is 5.23. The molecule has 2 aliphatic heterocycles. The van der Waals surface area contributed by atoms with Gasteiger partial charge in [0.1, 0.15) is 5.04 Å². The van der Waals surface area contributed by atoms with E-state index < -0.39 is 0 Å². The second-order valence-electron chi connectivity index (χ2n) is 4.28. The zero-order valence-electron chi connectivity index (χ0n) is 10.5. The van der Waals surface area contributed by atoms with Gasteiger partial charge in [0.05, 0.1) is 4.24 Å². The van der Waals surface area contributed by atoms with E-state index in [4.69, 9.17) is 11.6 Å². The number of halogens is 1. The van der Waals surface area contributed by atoms with Crippen LogP contribution in [0.1, 0.15) is 19.4 Å². The molecule has 0 radical (unpaired) electrons. The van der Waals surface area contributed by atoms with Gasteiger partial charge in [-0.25, -0.2) is 4.40 Å². The molecule has 1 aromatic carbocycles. The molecule has 0 N–H and O–H groups in total. The Labute approximate surface area is 125 Å². The van der Waals surface area contributed by atoms with Crippen molar-refractivity contribution in [2.75, 3.05) is 0 Å². The maximum atomic E-state index is 5.90. The highest BCUT2D eigenvalue weighted by Crippen LogP contribution is 2.44. The highest BCUT2D eigenvalue weighted by atomic mass is 35.5. The standard InChI is InChI=1S/C14H11ClN2S2/c1-8-7-12(9(2)16-8)14-18-13(17-19-14)10-3-5-11(15)6-4-10/h3-7H,1-2H3/b14-12-. The van der Waals surface area contributed by atoms with E-state index in [1.807, 2.05) is 38.1 Å². The van der Waals surface area contributed by atoms with Crippen LogP contribution >= 0.6 is 35.3 Å². The van der Waals surface area contributed by atoms with Crippen LogP contribution in [0.15, 0.2) is 55.2 Å². The van der Waals surface area contributed by atoms with E-state index in [9.17, 15) is 0 Å². The summed E-state index contributed by atoms with van der Waals surface area (Å²) >= 11 is 9.12. The lowest BCUT2D eigenvalue weighted by Crippen LogP contribution is -1.93. The minimum absolute atomic E-state index is 0.746. The van der Waals surface area contributed by atoms with Gasteiger partial charge < -0.3 is 0 Å². The quantitative estimate of drug-likeness (QED) is 0.676. The average Bonchev–Trinajstić information content (AvgIpc) is 2.97. The minimum atomic E-state index is 0.746. The summed E-state index contributed by atoms with van der Waals surface area (Å²) in [7, 11) is 0. The summed E-state index contributed by atoms with van der Waals surface area (Å²) < 4.78 is 5.73. The smallest absolute Gasteiger partial charge is 0.117 e. The summed E-state index contributed by atoms with van der Waals surface area (Å²) in [6.45, 7) is 4.05. The molecule has 0 fully saturated rings. The number of hydrogen-bond acceptors (Lipinski definition) is 4. The monoisotopic (exact) mass is 306 g/mol. The molecule has 5 heteroatoms. The number of thioether (sulfide) groups is 1. The van der Waals surface area contributed by atoms with Crippen molar-refractivity contribution in [1.29, 1.82) is 0 Å². The van der Waals surface area contributed by atoms with Gasteiger partial charge in [0.25, 0.3) is 0 Å². The molecule has 0 unspecified atom stereocenters. The Balaban J connectivity index is 1.86. The molecule has 0 amide bonds. The number of aliphatic imine (C=N–C) groups is 1. The van der Waals surface area contributed by atoms with Crippen molar-refractivity contribution in [2.45, 2.75) is 13.8 Å². The van der Waals surface area contributed by atoms with Crippen molar-refractivity contribution in [1.82, 2.24) is 0 Å².